The van der Waals surface area contributed by atoms with Gasteiger partial charge in [0.05, 0.1) is 11.7 Å². The van der Waals surface area contributed by atoms with Gasteiger partial charge in [0, 0.05) is 17.8 Å². The Morgan fingerprint density at radius 1 is 1.39 bits per heavy atom. The number of nitrogens with zero attached hydrogens (tertiary/aromatic N) is 2. The first-order chi connectivity index (χ1) is 8.67. The fourth-order valence-corrected chi connectivity index (χ4v) is 2.50. The van der Waals surface area contributed by atoms with Crippen LogP contribution in [0.4, 0.5) is 0 Å². The van der Waals surface area contributed by atoms with Crippen LogP contribution < -0.4 is 5.32 Å². The maximum atomic E-state index is 6.01. The monoisotopic (exact) mass is 263 g/mol. The third-order valence-electron chi connectivity index (χ3n) is 3.18. The largest absolute Gasteiger partial charge is 0.308 e. The standard InChI is InChI=1S/C14H18ClN3/c1-4-18-13(7-8-17-18)14(16-3)12-6-5-11(15)9-10(12)2/h5-9,14,16H,4H2,1-3H3. The Bertz CT molecular complexity index is 534. The Hall–Kier alpha value is -1.32. The molecule has 1 unspecified atom stereocenters. The second-order valence-corrected chi connectivity index (χ2v) is 4.73. The summed E-state index contributed by atoms with van der Waals surface area (Å²) in [5, 5.41) is 8.45. The van der Waals surface area contributed by atoms with E-state index in [1.165, 1.54) is 16.8 Å². The van der Waals surface area contributed by atoms with Gasteiger partial charge in [-0.15, -0.1) is 0 Å². The molecule has 0 saturated heterocycles. The normalized spacial score (nSPS) is 12.7. The predicted octanol–water partition coefficient (Wildman–Crippen LogP) is 3.17. The van der Waals surface area contributed by atoms with Crippen LogP contribution in [0.3, 0.4) is 0 Å². The number of aromatic nitrogens is 2. The fourth-order valence-electron chi connectivity index (χ4n) is 2.28. The average Bonchev–Trinajstić information content (AvgIpc) is 2.81. The Labute approximate surface area is 113 Å². The molecule has 0 saturated carbocycles. The number of hydrogen-bond donors (Lipinski definition) is 1. The van der Waals surface area contributed by atoms with E-state index in [2.05, 4.69) is 36.4 Å². The molecular weight excluding hydrogens is 246 g/mol. The molecular formula is C14H18ClN3. The van der Waals surface area contributed by atoms with Crippen LogP contribution in [0, 0.1) is 6.92 Å². The summed E-state index contributed by atoms with van der Waals surface area (Å²) in [7, 11) is 1.96. The molecule has 0 radical (unpaired) electrons. The van der Waals surface area contributed by atoms with Gasteiger partial charge in [-0.3, -0.25) is 4.68 Å². The number of aryl methyl sites for hydroxylation is 2. The molecule has 2 aromatic rings. The van der Waals surface area contributed by atoms with Gasteiger partial charge in [-0.1, -0.05) is 17.7 Å². The maximum absolute atomic E-state index is 6.01. The highest BCUT2D eigenvalue weighted by Gasteiger charge is 2.17. The van der Waals surface area contributed by atoms with Gasteiger partial charge >= 0.3 is 0 Å². The highest BCUT2D eigenvalue weighted by Crippen LogP contribution is 2.26. The molecule has 0 aliphatic carbocycles. The molecule has 0 fully saturated rings. The zero-order valence-electron chi connectivity index (χ0n) is 10.9. The minimum atomic E-state index is 0.143. The lowest BCUT2D eigenvalue weighted by molar-refractivity contribution is 0.562. The smallest absolute Gasteiger partial charge is 0.0748 e. The molecule has 1 heterocycles. The summed E-state index contributed by atoms with van der Waals surface area (Å²) in [6.45, 7) is 5.04. The molecule has 1 aromatic heterocycles. The second kappa shape index (κ2) is 5.55. The summed E-state index contributed by atoms with van der Waals surface area (Å²) in [4.78, 5) is 0. The molecule has 1 N–H and O–H groups in total. The van der Waals surface area contributed by atoms with E-state index in [9.17, 15) is 0 Å². The number of hydrogen-bond acceptors (Lipinski definition) is 2. The van der Waals surface area contributed by atoms with E-state index in [0.29, 0.717) is 0 Å². The van der Waals surface area contributed by atoms with Crippen molar-refractivity contribution in [3.8, 4) is 0 Å². The Kier molecular flexibility index (Phi) is 4.04. The lowest BCUT2D eigenvalue weighted by Gasteiger charge is -2.20. The van der Waals surface area contributed by atoms with Gasteiger partial charge in [-0.25, -0.2) is 0 Å². The van der Waals surface area contributed by atoms with Crippen molar-refractivity contribution >= 4 is 11.6 Å². The topological polar surface area (TPSA) is 29.9 Å². The third kappa shape index (κ3) is 2.42. The fraction of sp³-hybridized carbons (Fsp3) is 0.357. The number of rotatable bonds is 4. The lowest BCUT2D eigenvalue weighted by atomic mass is 9.99. The van der Waals surface area contributed by atoms with Gasteiger partial charge in [-0.2, -0.15) is 5.10 Å². The van der Waals surface area contributed by atoms with E-state index in [4.69, 9.17) is 11.6 Å². The summed E-state index contributed by atoms with van der Waals surface area (Å²) in [5.41, 5.74) is 3.59. The number of benzene rings is 1. The van der Waals surface area contributed by atoms with Crippen molar-refractivity contribution in [1.29, 1.82) is 0 Å². The van der Waals surface area contributed by atoms with Crippen molar-refractivity contribution in [2.75, 3.05) is 7.05 Å². The summed E-state index contributed by atoms with van der Waals surface area (Å²) >= 11 is 6.01. The van der Waals surface area contributed by atoms with Crippen LogP contribution in [-0.2, 0) is 6.54 Å². The molecule has 96 valence electrons. The minimum absolute atomic E-state index is 0.143. The lowest BCUT2D eigenvalue weighted by Crippen LogP contribution is -2.22. The van der Waals surface area contributed by atoms with Crippen molar-refractivity contribution in [1.82, 2.24) is 15.1 Å². The van der Waals surface area contributed by atoms with Gasteiger partial charge < -0.3 is 5.32 Å². The van der Waals surface area contributed by atoms with E-state index >= 15 is 0 Å². The van der Waals surface area contributed by atoms with E-state index in [1.54, 1.807) is 0 Å². The zero-order valence-corrected chi connectivity index (χ0v) is 11.7. The molecule has 3 nitrogen and oxygen atoms in total. The maximum Gasteiger partial charge on any atom is 0.0748 e. The molecule has 18 heavy (non-hydrogen) atoms. The first kappa shape index (κ1) is 13.1. The molecule has 2 rings (SSSR count). The molecule has 1 aromatic carbocycles. The predicted molar refractivity (Wildman–Crippen MR) is 75.0 cm³/mol. The molecule has 4 heteroatoms. The van der Waals surface area contributed by atoms with E-state index in [1.807, 2.05) is 30.1 Å². The summed E-state index contributed by atoms with van der Waals surface area (Å²) < 4.78 is 2.01. The average molecular weight is 264 g/mol. The van der Waals surface area contributed by atoms with Crippen molar-refractivity contribution in [2.24, 2.45) is 0 Å². The minimum Gasteiger partial charge on any atom is -0.308 e. The first-order valence-corrected chi connectivity index (χ1v) is 6.50. The van der Waals surface area contributed by atoms with Crippen molar-refractivity contribution in [3.63, 3.8) is 0 Å². The van der Waals surface area contributed by atoms with Crippen LogP contribution in [0.5, 0.6) is 0 Å². The summed E-state index contributed by atoms with van der Waals surface area (Å²) in [5.74, 6) is 0. The first-order valence-electron chi connectivity index (χ1n) is 6.12. The highest BCUT2D eigenvalue weighted by molar-refractivity contribution is 6.30. The number of halogens is 1. The van der Waals surface area contributed by atoms with Gasteiger partial charge in [0.25, 0.3) is 0 Å². The van der Waals surface area contributed by atoms with Crippen LogP contribution in [0.1, 0.15) is 29.8 Å². The highest BCUT2D eigenvalue weighted by atomic mass is 35.5. The van der Waals surface area contributed by atoms with E-state index in [-0.39, 0.29) is 6.04 Å². The van der Waals surface area contributed by atoms with Crippen LogP contribution >= 0.6 is 11.6 Å². The van der Waals surface area contributed by atoms with Crippen LogP contribution in [0.25, 0.3) is 0 Å². The van der Waals surface area contributed by atoms with Crippen molar-refractivity contribution in [2.45, 2.75) is 26.4 Å². The van der Waals surface area contributed by atoms with Crippen LogP contribution in [-0.4, -0.2) is 16.8 Å². The third-order valence-corrected chi connectivity index (χ3v) is 3.41. The van der Waals surface area contributed by atoms with Gasteiger partial charge in [0.15, 0.2) is 0 Å². The van der Waals surface area contributed by atoms with Crippen molar-refractivity contribution < 1.29 is 0 Å². The molecule has 0 aliphatic rings. The Morgan fingerprint density at radius 2 is 2.17 bits per heavy atom. The van der Waals surface area contributed by atoms with Gasteiger partial charge in [-0.05, 0) is 50.2 Å². The Balaban J connectivity index is 2.45. The second-order valence-electron chi connectivity index (χ2n) is 4.29. The van der Waals surface area contributed by atoms with E-state index < -0.39 is 0 Å². The molecule has 0 aliphatic heterocycles. The molecule has 0 amide bonds. The van der Waals surface area contributed by atoms with Gasteiger partial charge in [0.1, 0.15) is 0 Å². The quantitative estimate of drug-likeness (QED) is 0.918. The Morgan fingerprint density at radius 3 is 2.78 bits per heavy atom. The molecule has 0 spiro atoms. The molecule has 0 bridgehead atoms. The summed E-state index contributed by atoms with van der Waals surface area (Å²) in [6.07, 6.45) is 1.84. The van der Waals surface area contributed by atoms with Crippen molar-refractivity contribution in [3.05, 3.63) is 52.3 Å². The van der Waals surface area contributed by atoms with Crippen LogP contribution in [0.15, 0.2) is 30.5 Å². The molecule has 1 atom stereocenters. The number of nitrogens with one attached hydrogen (secondary N) is 1. The van der Waals surface area contributed by atoms with Gasteiger partial charge in [0.2, 0.25) is 0 Å². The SMILES string of the molecule is CCn1nccc1C(NC)c1ccc(Cl)cc1C. The van der Waals surface area contributed by atoms with E-state index in [0.717, 1.165) is 11.6 Å². The summed E-state index contributed by atoms with van der Waals surface area (Å²) in [6, 6.07) is 8.20. The van der Waals surface area contributed by atoms with Crippen LogP contribution in [0.2, 0.25) is 5.02 Å². The zero-order chi connectivity index (χ0) is 13.1.